The molecule has 1 aromatic rings. The number of aryl methyl sites for hydroxylation is 1. The molecule has 0 saturated heterocycles. The number of pyridine rings is 1. The first-order chi connectivity index (χ1) is 9.65. The fourth-order valence-corrected chi connectivity index (χ4v) is 4.11. The molecule has 0 N–H and O–H groups in total. The molecule has 2 nitrogen and oxygen atoms in total. The number of hydrogen-bond donors (Lipinski definition) is 1. The van der Waals surface area contributed by atoms with E-state index >= 15 is 0 Å². The van der Waals surface area contributed by atoms with Crippen molar-refractivity contribution in [2.45, 2.75) is 65.3 Å². The van der Waals surface area contributed by atoms with E-state index in [0.29, 0.717) is 0 Å². The number of rotatable bonds is 7. The first kappa shape index (κ1) is 15.7. The van der Waals surface area contributed by atoms with E-state index in [2.05, 4.69) is 31.0 Å². The molecular weight excluding hydrogens is 266 g/mol. The summed E-state index contributed by atoms with van der Waals surface area (Å²) in [6.07, 6.45) is 8.00. The Kier molecular flexibility index (Phi) is 5.36. The molecule has 0 fully saturated rings. The standard InChI is InChI=1S/C17H27NOS/c1-3-10-17(13-20,11-4-2)12-18-15-7-5-6-14(15)8-9-16(18)19/h8-9,20H,3-7,10-13H2,1-2H3. The molecule has 1 aliphatic rings. The molecule has 20 heavy (non-hydrogen) atoms. The van der Waals surface area contributed by atoms with Crippen LogP contribution in [0.4, 0.5) is 0 Å². The van der Waals surface area contributed by atoms with Crippen molar-refractivity contribution in [3.8, 4) is 0 Å². The Morgan fingerprint density at radius 1 is 1.20 bits per heavy atom. The highest BCUT2D eigenvalue weighted by atomic mass is 32.1. The molecule has 2 rings (SSSR count). The summed E-state index contributed by atoms with van der Waals surface area (Å²) in [6.45, 7) is 5.30. The molecule has 0 spiro atoms. The summed E-state index contributed by atoms with van der Waals surface area (Å²) in [5, 5.41) is 0. The number of nitrogens with zero attached hydrogens (tertiary/aromatic N) is 1. The highest BCUT2D eigenvalue weighted by Gasteiger charge is 2.29. The maximum atomic E-state index is 12.3. The summed E-state index contributed by atoms with van der Waals surface area (Å²) in [5.41, 5.74) is 3.01. The molecule has 0 aliphatic heterocycles. The van der Waals surface area contributed by atoms with Crippen LogP contribution in [-0.4, -0.2) is 10.3 Å². The molecule has 0 saturated carbocycles. The van der Waals surface area contributed by atoms with Crippen LogP contribution in [0.2, 0.25) is 0 Å². The molecule has 0 bridgehead atoms. The second kappa shape index (κ2) is 6.84. The first-order valence-corrected chi connectivity index (χ1v) is 8.61. The molecule has 112 valence electrons. The molecular formula is C17H27NOS. The van der Waals surface area contributed by atoms with Crippen LogP contribution >= 0.6 is 12.6 Å². The van der Waals surface area contributed by atoms with E-state index in [-0.39, 0.29) is 11.0 Å². The van der Waals surface area contributed by atoms with Crippen molar-refractivity contribution in [1.29, 1.82) is 0 Å². The van der Waals surface area contributed by atoms with Crippen molar-refractivity contribution < 1.29 is 0 Å². The van der Waals surface area contributed by atoms with Crippen molar-refractivity contribution in [2.75, 3.05) is 5.75 Å². The van der Waals surface area contributed by atoms with Gasteiger partial charge in [-0.2, -0.15) is 12.6 Å². The topological polar surface area (TPSA) is 22.0 Å². The lowest BCUT2D eigenvalue weighted by atomic mass is 9.80. The average Bonchev–Trinajstić information content (AvgIpc) is 2.91. The van der Waals surface area contributed by atoms with Gasteiger partial charge in [0.2, 0.25) is 0 Å². The van der Waals surface area contributed by atoms with Crippen molar-refractivity contribution in [3.05, 3.63) is 33.7 Å². The Hall–Kier alpha value is -0.700. The third-order valence-electron chi connectivity index (χ3n) is 4.64. The lowest BCUT2D eigenvalue weighted by molar-refractivity contribution is 0.226. The van der Waals surface area contributed by atoms with E-state index in [0.717, 1.165) is 50.8 Å². The summed E-state index contributed by atoms with van der Waals surface area (Å²) >= 11 is 4.62. The van der Waals surface area contributed by atoms with Gasteiger partial charge in [0.15, 0.2) is 0 Å². The molecule has 0 atom stereocenters. The Morgan fingerprint density at radius 2 is 1.90 bits per heavy atom. The molecule has 0 unspecified atom stereocenters. The van der Waals surface area contributed by atoms with Gasteiger partial charge in [-0.3, -0.25) is 4.79 Å². The molecule has 3 heteroatoms. The maximum Gasteiger partial charge on any atom is 0.250 e. The summed E-state index contributed by atoms with van der Waals surface area (Å²) in [7, 11) is 0. The van der Waals surface area contributed by atoms with Crippen molar-refractivity contribution in [1.82, 2.24) is 4.57 Å². The van der Waals surface area contributed by atoms with Crippen LogP contribution in [0.5, 0.6) is 0 Å². The van der Waals surface area contributed by atoms with E-state index in [1.54, 1.807) is 6.07 Å². The predicted octanol–water partition coefficient (Wildman–Crippen LogP) is 3.85. The van der Waals surface area contributed by atoms with E-state index < -0.39 is 0 Å². The van der Waals surface area contributed by atoms with Gasteiger partial charge in [0.25, 0.3) is 5.56 Å². The number of fused-ring (bicyclic) bond motifs is 1. The maximum absolute atomic E-state index is 12.3. The van der Waals surface area contributed by atoms with E-state index in [9.17, 15) is 4.79 Å². The zero-order valence-corrected chi connectivity index (χ0v) is 13.7. The van der Waals surface area contributed by atoms with Gasteiger partial charge in [-0.05, 0) is 48.8 Å². The lowest BCUT2D eigenvalue weighted by Gasteiger charge is -2.33. The van der Waals surface area contributed by atoms with Crippen LogP contribution in [0, 0.1) is 5.41 Å². The molecule has 0 aromatic carbocycles. The molecule has 0 radical (unpaired) electrons. The van der Waals surface area contributed by atoms with Crippen LogP contribution in [-0.2, 0) is 19.4 Å². The summed E-state index contributed by atoms with van der Waals surface area (Å²) < 4.78 is 2.06. The highest BCUT2D eigenvalue weighted by molar-refractivity contribution is 7.80. The molecule has 0 amide bonds. The minimum atomic E-state index is 0.170. The normalized spacial score (nSPS) is 14.6. The van der Waals surface area contributed by atoms with Crippen molar-refractivity contribution in [2.24, 2.45) is 5.41 Å². The second-order valence-corrected chi connectivity index (χ2v) is 6.56. The van der Waals surface area contributed by atoms with E-state index in [1.807, 2.05) is 6.07 Å². The SMILES string of the molecule is CCCC(CS)(CCC)Cn1c2c(ccc1=O)CCC2. The van der Waals surface area contributed by atoms with Gasteiger partial charge in [0, 0.05) is 18.3 Å². The third kappa shape index (κ3) is 3.13. The summed E-state index contributed by atoms with van der Waals surface area (Å²) in [4.78, 5) is 12.3. The Labute approximate surface area is 128 Å². The number of thiol groups is 1. The van der Waals surface area contributed by atoms with Gasteiger partial charge >= 0.3 is 0 Å². The molecule has 1 heterocycles. The van der Waals surface area contributed by atoms with Crippen molar-refractivity contribution in [3.63, 3.8) is 0 Å². The van der Waals surface area contributed by atoms with E-state index in [1.165, 1.54) is 17.7 Å². The zero-order chi connectivity index (χ0) is 14.6. The average molecular weight is 293 g/mol. The van der Waals surface area contributed by atoms with Crippen molar-refractivity contribution >= 4 is 12.6 Å². The largest absolute Gasteiger partial charge is 0.312 e. The van der Waals surface area contributed by atoms with Crippen LogP contribution in [0.15, 0.2) is 16.9 Å². The predicted molar refractivity (Wildman–Crippen MR) is 88.8 cm³/mol. The first-order valence-electron chi connectivity index (χ1n) is 7.98. The van der Waals surface area contributed by atoms with Gasteiger partial charge in [-0.15, -0.1) is 0 Å². The quantitative estimate of drug-likeness (QED) is 0.758. The minimum Gasteiger partial charge on any atom is -0.312 e. The molecule has 1 aromatic heterocycles. The van der Waals surface area contributed by atoms with E-state index in [4.69, 9.17) is 0 Å². The number of aromatic nitrogens is 1. The Bertz CT molecular complexity index is 500. The summed E-state index contributed by atoms with van der Waals surface area (Å²) in [6, 6.07) is 3.79. The highest BCUT2D eigenvalue weighted by Crippen LogP contribution is 2.34. The van der Waals surface area contributed by atoms with Gasteiger partial charge in [0.05, 0.1) is 0 Å². The molecule has 1 aliphatic carbocycles. The minimum absolute atomic E-state index is 0.170. The van der Waals surface area contributed by atoms with Crippen LogP contribution in [0.3, 0.4) is 0 Å². The van der Waals surface area contributed by atoms with Gasteiger partial charge in [-0.25, -0.2) is 0 Å². The van der Waals surface area contributed by atoms with Gasteiger partial charge < -0.3 is 4.57 Å². The second-order valence-electron chi connectivity index (χ2n) is 6.24. The zero-order valence-electron chi connectivity index (χ0n) is 12.8. The lowest BCUT2D eigenvalue weighted by Crippen LogP contribution is -2.35. The monoisotopic (exact) mass is 293 g/mol. The van der Waals surface area contributed by atoms with Crippen LogP contribution in [0.25, 0.3) is 0 Å². The fourth-order valence-electron chi connectivity index (χ4n) is 3.69. The van der Waals surface area contributed by atoms with Crippen LogP contribution < -0.4 is 5.56 Å². The van der Waals surface area contributed by atoms with Gasteiger partial charge in [-0.1, -0.05) is 32.8 Å². The Balaban J connectivity index is 2.36. The summed E-state index contributed by atoms with van der Waals surface area (Å²) in [5.74, 6) is 0.866. The smallest absolute Gasteiger partial charge is 0.250 e. The Morgan fingerprint density at radius 3 is 2.50 bits per heavy atom. The van der Waals surface area contributed by atoms with Crippen LogP contribution in [0.1, 0.15) is 57.2 Å². The third-order valence-corrected chi connectivity index (χ3v) is 5.31. The fraction of sp³-hybridized carbons (Fsp3) is 0.706. The van der Waals surface area contributed by atoms with Gasteiger partial charge in [0.1, 0.15) is 0 Å². The number of hydrogen-bond acceptors (Lipinski definition) is 2.